The number of azo groups is 1. The molecule has 0 fully saturated rings. The van der Waals surface area contributed by atoms with Crippen molar-refractivity contribution in [2.45, 2.75) is 18.1 Å². The van der Waals surface area contributed by atoms with Crippen molar-refractivity contribution >= 4 is 17.6 Å². The normalized spacial score (nSPS) is 22.7. The van der Waals surface area contributed by atoms with Gasteiger partial charge in [0.25, 0.3) is 0 Å². The lowest BCUT2D eigenvalue weighted by Gasteiger charge is -2.30. The van der Waals surface area contributed by atoms with Gasteiger partial charge in [-0.2, -0.15) is 23.4 Å². The van der Waals surface area contributed by atoms with Gasteiger partial charge >= 0.3 is 6.18 Å². The third-order valence-electron chi connectivity index (χ3n) is 2.95. The highest BCUT2D eigenvalue weighted by Crippen LogP contribution is 2.49. The van der Waals surface area contributed by atoms with Gasteiger partial charge in [-0.3, -0.25) is 0 Å². The highest BCUT2D eigenvalue weighted by molar-refractivity contribution is 6.33. The van der Waals surface area contributed by atoms with Crippen molar-refractivity contribution in [1.82, 2.24) is 0 Å². The minimum absolute atomic E-state index is 0.126. The van der Waals surface area contributed by atoms with Crippen LogP contribution in [0.1, 0.15) is 22.3 Å². The molecule has 1 aromatic rings. The molecule has 0 N–H and O–H groups in total. The Hall–Kier alpha value is -1.63. The van der Waals surface area contributed by atoms with Gasteiger partial charge in [0.1, 0.15) is 0 Å². The molecular formula is C11H7ClF3N2O2-. The minimum Gasteiger partial charge on any atom is -0.545 e. The number of carbonyl (C=O) groups is 1. The molecule has 0 spiro atoms. The van der Waals surface area contributed by atoms with Crippen molar-refractivity contribution in [2.24, 2.45) is 10.2 Å². The zero-order chi connectivity index (χ0) is 14.3. The molecule has 2 rings (SSSR count). The van der Waals surface area contributed by atoms with E-state index in [1.54, 1.807) is 0 Å². The Bertz CT molecular complexity index is 559. The van der Waals surface area contributed by atoms with Crippen LogP contribution in [0.3, 0.4) is 0 Å². The SMILES string of the molecule is O=C([O-])c1c(Cl)cccc1C1(C(F)(F)F)CCN=N1. The van der Waals surface area contributed by atoms with E-state index >= 15 is 0 Å². The lowest BCUT2D eigenvalue weighted by atomic mass is 9.84. The van der Waals surface area contributed by atoms with Crippen LogP contribution in [0.4, 0.5) is 13.2 Å². The van der Waals surface area contributed by atoms with E-state index in [9.17, 15) is 23.1 Å². The number of hydrogen-bond acceptors (Lipinski definition) is 4. The average molecular weight is 292 g/mol. The molecule has 1 heterocycles. The van der Waals surface area contributed by atoms with Crippen molar-refractivity contribution < 1.29 is 23.1 Å². The largest absolute Gasteiger partial charge is 0.545 e. The minimum atomic E-state index is -4.76. The lowest BCUT2D eigenvalue weighted by molar-refractivity contribution is -0.255. The Kier molecular flexibility index (Phi) is 3.25. The Morgan fingerprint density at radius 3 is 2.58 bits per heavy atom. The summed E-state index contributed by atoms with van der Waals surface area (Å²) in [5, 5.41) is 17.3. The lowest BCUT2D eigenvalue weighted by Crippen LogP contribution is -2.41. The van der Waals surface area contributed by atoms with E-state index in [4.69, 9.17) is 11.6 Å². The van der Waals surface area contributed by atoms with Crippen LogP contribution in [0.5, 0.6) is 0 Å². The van der Waals surface area contributed by atoms with Gasteiger partial charge in [0, 0.05) is 22.6 Å². The molecule has 1 aliphatic heterocycles. The fraction of sp³-hybridized carbons (Fsp3) is 0.364. The number of alkyl halides is 3. The first-order valence-electron chi connectivity index (χ1n) is 5.25. The first-order valence-corrected chi connectivity index (χ1v) is 5.63. The summed E-state index contributed by atoms with van der Waals surface area (Å²) in [6, 6.07) is 3.46. The summed E-state index contributed by atoms with van der Waals surface area (Å²) < 4.78 is 39.8. The number of carboxylic acid groups (broad SMARTS) is 1. The maximum atomic E-state index is 13.3. The van der Waals surface area contributed by atoms with Crippen molar-refractivity contribution in [3.63, 3.8) is 0 Å². The molecule has 19 heavy (non-hydrogen) atoms. The first kappa shape index (κ1) is 13.8. The molecule has 4 nitrogen and oxygen atoms in total. The molecule has 0 saturated carbocycles. The van der Waals surface area contributed by atoms with Gasteiger partial charge < -0.3 is 9.90 Å². The molecule has 1 aromatic carbocycles. The average Bonchev–Trinajstić information content (AvgIpc) is 2.77. The number of aromatic carboxylic acids is 1. The zero-order valence-corrected chi connectivity index (χ0v) is 10.1. The van der Waals surface area contributed by atoms with Gasteiger partial charge in [-0.15, -0.1) is 0 Å². The fourth-order valence-electron chi connectivity index (χ4n) is 2.05. The number of carbonyl (C=O) groups excluding carboxylic acids is 1. The monoisotopic (exact) mass is 291 g/mol. The van der Waals surface area contributed by atoms with E-state index in [-0.39, 0.29) is 11.6 Å². The smallest absolute Gasteiger partial charge is 0.419 e. The van der Waals surface area contributed by atoms with Crippen LogP contribution < -0.4 is 5.11 Å². The van der Waals surface area contributed by atoms with E-state index in [1.807, 2.05) is 0 Å². The Morgan fingerprint density at radius 2 is 2.11 bits per heavy atom. The molecule has 8 heteroatoms. The highest BCUT2D eigenvalue weighted by atomic mass is 35.5. The van der Waals surface area contributed by atoms with Gasteiger partial charge in [-0.1, -0.05) is 23.7 Å². The van der Waals surface area contributed by atoms with E-state index < -0.39 is 35.2 Å². The standard InChI is InChI=1S/C11H8ClF3N2O2/c12-7-3-1-2-6(8(7)9(18)19)10(11(13,14)15)4-5-16-17-10/h1-3H,4-5H2,(H,18,19)/p-1. The summed E-state index contributed by atoms with van der Waals surface area (Å²) >= 11 is 5.65. The second kappa shape index (κ2) is 4.48. The van der Waals surface area contributed by atoms with Gasteiger partial charge in [0.2, 0.25) is 5.54 Å². The van der Waals surface area contributed by atoms with Gasteiger partial charge in [-0.05, 0) is 6.07 Å². The summed E-state index contributed by atoms with van der Waals surface area (Å²) in [6.45, 7) is -0.126. The maximum Gasteiger partial charge on any atom is 0.419 e. The second-order valence-corrected chi connectivity index (χ2v) is 4.43. The molecule has 0 amide bonds. The fourth-order valence-corrected chi connectivity index (χ4v) is 2.30. The van der Waals surface area contributed by atoms with Gasteiger partial charge in [-0.25, -0.2) is 0 Å². The van der Waals surface area contributed by atoms with Crippen LogP contribution in [-0.4, -0.2) is 18.7 Å². The number of hydrogen-bond donors (Lipinski definition) is 0. The summed E-state index contributed by atoms with van der Waals surface area (Å²) in [6.07, 6.45) is -5.21. The number of nitrogens with zero attached hydrogens (tertiary/aromatic N) is 2. The van der Waals surface area contributed by atoms with Gasteiger partial charge in [0.15, 0.2) is 0 Å². The van der Waals surface area contributed by atoms with Crippen LogP contribution in [0.2, 0.25) is 5.02 Å². The van der Waals surface area contributed by atoms with Crippen molar-refractivity contribution in [2.75, 3.05) is 6.54 Å². The molecule has 0 aliphatic carbocycles. The van der Waals surface area contributed by atoms with E-state index in [0.29, 0.717) is 0 Å². The Balaban J connectivity index is 2.73. The van der Waals surface area contributed by atoms with Crippen molar-refractivity contribution in [3.05, 3.63) is 34.3 Å². The number of carboxylic acids is 1. The summed E-state index contributed by atoms with van der Waals surface area (Å²) in [7, 11) is 0. The quantitative estimate of drug-likeness (QED) is 0.839. The third-order valence-corrected chi connectivity index (χ3v) is 3.26. The molecule has 0 saturated heterocycles. The molecule has 0 bridgehead atoms. The Labute approximate surface area is 110 Å². The van der Waals surface area contributed by atoms with Crippen LogP contribution in [-0.2, 0) is 5.54 Å². The molecule has 0 radical (unpaired) electrons. The first-order chi connectivity index (χ1) is 8.79. The predicted octanol–water partition coefficient (Wildman–Crippen LogP) is 2.32. The van der Waals surface area contributed by atoms with Crippen LogP contribution in [0.15, 0.2) is 28.4 Å². The summed E-state index contributed by atoms with van der Waals surface area (Å²) in [5.74, 6) is -1.77. The summed E-state index contributed by atoms with van der Waals surface area (Å²) in [5.41, 5.74) is -3.89. The van der Waals surface area contributed by atoms with E-state index in [2.05, 4.69) is 10.2 Å². The molecule has 1 atom stereocenters. The van der Waals surface area contributed by atoms with Crippen LogP contribution in [0, 0.1) is 0 Å². The zero-order valence-electron chi connectivity index (χ0n) is 9.37. The van der Waals surface area contributed by atoms with Crippen LogP contribution >= 0.6 is 11.6 Å². The number of benzene rings is 1. The number of halogens is 4. The van der Waals surface area contributed by atoms with Crippen LogP contribution in [0.25, 0.3) is 0 Å². The highest BCUT2D eigenvalue weighted by Gasteiger charge is 2.59. The molecule has 1 aliphatic rings. The molecule has 102 valence electrons. The van der Waals surface area contributed by atoms with E-state index in [1.165, 1.54) is 12.1 Å². The topological polar surface area (TPSA) is 64.8 Å². The van der Waals surface area contributed by atoms with Gasteiger partial charge in [0.05, 0.1) is 12.5 Å². The second-order valence-electron chi connectivity index (χ2n) is 4.02. The molecule has 1 unspecified atom stereocenters. The number of rotatable bonds is 2. The van der Waals surface area contributed by atoms with Crippen molar-refractivity contribution in [1.29, 1.82) is 0 Å². The van der Waals surface area contributed by atoms with E-state index in [0.717, 1.165) is 6.07 Å². The van der Waals surface area contributed by atoms with Crippen molar-refractivity contribution in [3.8, 4) is 0 Å². The Morgan fingerprint density at radius 1 is 1.42 bits per heavy atom. The molecule has 0 aromatic heterocycles. The summed E-state index contributed by atoms with van der Waals surface area (Å²) in [4.78, 5) is 11.0. The predicted molar refractivity (Wildman–Crippen MR) is 57.9 cm³/mol. The maximum absolute atomic E-state index is 13.3. The third kappa shape index (κ3) is 2.07. The molecular weight excluding hydrogens is 285 g/mol.